The predicted molar refractivity (Wildman–Crippen MR) is 69.2 cm³/mol. The molecule has 0 bridgehead atoms. The highest BCUT2D eigenvalue weighted by Crippen LogP contribution is 2.13. The third-order valence-electron chi connectivity index (χ3n) is 1.95. The number of hydrogen-bond donors (Lipinski definition) is 2. The quantitative estimate of drug-likeness (QED) is 0.564. The number of thioether (sulfide) groups is 1. The van der Waals surface area contributed by atoms with Gasteiger partial charge >= 0.3 is 0 Å². The fraction of sp³-hybridized carbons (Fsp3) is 0.700. The van der Waals surface area contributed by atoms with E-state index in [1.165, 1.54) is 11.8 Å². The smallest absolute Gasteiger partial charge is 0.228 e. The lowest BCUT2D eigenvalue weighted by Crippen LogP contribution is -2.10. The highest BCUT2D eigenvalue weighted by atomic mass is 32.2. The van der Waals surface area contributed by atoms with Crippen molar-refractivity contribution in [2.75, 3.05) is 30.0 Å². The Morgan fingerprint density at radius 1 is 1.06 bits per heavy atom. The summed E-state index contributed by atoms with van der Waals surface area (Å²) in [4.78, 5) is 12.8. The number of rotatable bonds is 7. The molecule has 0 unspecified atom stereocenters. The van der Waals surface area contributed by atoms with Gasteiger partial charge in [0.15, 0.2) is 5.16 Å². The second kappa shape index (κ2) is 7.27. The average Bonchev–Trinajstić information content (AvgIpc) is 2.29. The molecular weight excluding hydrogens is 222 g/mol. The first-order valence-electron chi connectivity index (χ1n) is 5.58. The predicted octanol–water partition coefficient (Wildman–Crippen LogP) is 2.24. The van der Waals surface area contributed by atoms with E-state index in [-0.39, 0.29) is 0 Å². The van der Waals surface area contributed by atoms with E-state index < -0.39 is 0 Å². The molecule has 90 valence electrons. The first-order chi connectivity index (χ1) is 7.80. The normalized spacial score (nSPS) is 10.2. The van der Waals surface area contributed by atoms with E-state index in [0.717, 1.165) is 31.1 Å². The molecule has 0 aromatic carbocycles. The van der Waals surface area contributed by atoms with Crippen LogP contribution in [0.25, 0.3) is 0 Å². The minimum Gasteiger partial charge on any atom is -0.354 e. The van der Waals surface area contributed by atoms with Gasteiger partial charge in [-0.05, 0) is 19.6 Å². The molecule has 0 saturated carbocycles. The van der Waals surface area contributed by atoms with Crippen molar-refractivity contribution in [1.29, 1.82) is 0 Å². The number of aromatic nitrogens is 3. The molecule has 6 heteroatoms. The first kappa shape index (κ1) is 13.0. The highest BCUT2D eigenvalue weighted by molar-refractivity contribution is 7.98. The van der Waals surface area contributed by atoms with Gasteiger partial charge in [-0.2, -0.15) is 15.0 Å². The lowest BCUT2D eigenvalue weighted by Gasteiger charge is -2.07. The van der Waals surface area contributed by atoms with Crippen molar-refractivity contribution in [1.82, 2.24) is 15.0 Å². The van der Waals surface area contributed by atoms with Crippen molar-refractivity contribution in [3.05, 3.63) is 0 Å². The molecule has 2 N–H and O–H groups in total. The van der Waals surface area contributed by atoms with E-state index in [0.29, 0.717) is 11.9 Å². The summed E-state index contributed by atoms with van der Waals surface area (Å²) in [5, 5.41) is 7.04. The van der Waals surface area contributed by atoms with Crippen LogP contribution in [0.2, 0.25) is 0 Å². The van der Waals surface area contributed by atoms with Crippen LogP contribution < -0.4 is 10.6 Å². The Kier molecular flexibility index (Phi) is 5.92. The third kappa shape index (κ3) is 4.22. The molecule has 0 radical (unpaired) electrons. The molecule has 0 amide bonds. The monoisotopic (exact) mass is 241 g/mol. The topological polar surface area (TPSA) is 62.7 Å². The summed E-state index contributed by atoms with van der Waals surface area (Å²) < 4.78 is 0. The van der Waals surface area contributed by atoms with Crippen LogP contribution in [0, 0.1) is 0 Å². The molecule has 16 heavy (non-hydrogen) atoms. The zero-order chi connectivity index (χ0) is 11.8. The Balaban J connectivity index is 2.69. The van der Waals surface area contributed by atoms with Crippen LogP contribution in [0.4, 0.5) is 11.9 Å². The Hall–Kier alpha value is -1.04. The summed E-state index contributed by atoms with van der Waals surface area (Å²) in [5.41, 5.74) is 0. The lowest BCUT2D eigenvalue weighted by atomic mass is 10.3. The van der Waals surface area contributed by atoms with Crippen LogP contribution in [0.1, 0.15) is 26.7 Å². The fourth-order valence-corrected chi connectivity index (χ4v) is 1.50. The van der Waals surface area contributed by atoms with Gasteiger partial charge in [-0.1, -0.05) is 25.1 Å². The van der Waals surface area contributed by atoms with Crippen molar-refractivity contribution in [3.63, 3.8) is 0 Å². The fourth-order valence-electron chi connectivity index (χ4n) is 1.14. The molecule has 0 fully saturated rings. The summed E-state index contributed by atoms with van der Waals surface area (Å²) in [7, 11) is 0. The Morgan fingerprint density at radius 2 is 1.75 bits per heavy atom. The lowest BCUT2D eigenvalue weighted by molar-refractivity contribution is 0.814. The van der Waals surface area contributed by atoms with E-state index >= 15 is 0 Å². The van der Waals surface area contributed by atoms with Crippen LogP contribution in [0.5, 0.6) is 0 Å². The van der Waals surface area contributed by atoms with Crippen molar-refractivity contribution in [2.45, 2.75) is 31.8 Å². The van der Waals surface area contributed by atoms with Crippen molar-refractivity contribution >= 4 is 23.7 Å². The van der Waals surface area contributed by atoms with E-state index in [4.69, 9.17) is 0 Å². The van der Waals surface area contributed by atoms with Gasteiger partial charge in [-0.3, -0.25) is 0 Å². The second-order valence-corrected chi connectivity index (χ2v) is 4.05. The van der Waals surface area contributed by atoms with Gasteiger partial charge in [0, 0.05) is 13.1 Å². The molecule has 0 aliphatic carbocycles. The molecule has 0 aliphatic heterocycles. The number of anilines is 2. The van der Waals surface area contributed by atoms with Crippen molar-refractivity contribution < 1.29 is 0 Å². The van der Waals surface area contributed by atoms with E-state index in [1.54, 1.807) is 0 Å². The molecule has 0 saturated heterocycles. The maximum atomic E-state index is 4.30. The summed E-state index contributed by atoms with van der Waals surface area (Å²) in [5.74, 6) is 1.30. The number of nitrogens with zero attached hydrogens (tertiary/aromatic N) is 3. The highest BCUT2D eigenvalue weighted by Gasteiger charge is 2.04. The molecule has 0 spiro atoms. The van der Waals surface area contributed by atoms with Crippen LogP contribution in [0.3, 0.4) is 0 Å². The van der Waals surface area contributed by atoms with Gasteiger partial charge in [-0.15, -0.1) is 0 Å². The van der Waals surface area contributed by atoms with Crippen LogP contribution >= 0.6 is 11.8 Å². The number of hydrogen-bond acceptors (Lipinski definition) is 6. The first-order valence-corrected chi connectivity index (χ1v) is 6.80. The van der Waals surface area contributed by atoms with Crippen LogP contribution in [-0.2, 0) is 0 Å². The second-order valence-electron chi connectivity index (χ2n) is 3.28. The maximum absolute atomic E-state index is 4.30. The average molecular weight is 241 g/mol. The summed E-state index contributed by atoms with van der Waals surface area (Å²) in [6.07, 6.45) is 4.24. The van der Waals surface area contributed by atoms with Gasteiger partial charge in [0.2, 0.25) is 11.9 Å². The molecule has 1 aromatic rings. The van der Waals surface area contributed by atoms with Crippen LogP contribution in [-0.4, -0.2) is 34.3 Å². The van der Waals surface area contributed by atoms with Gasteiger partial charge in [0.05, 0.1) is 0 Å². The summed E-state index contributed by atoms with van der Waals surface area (Å²) >= 11 is 1.52. The SMILES string of the molecule is CCCCNc1nc(NCC)nc(SC)n1. The Bertz CT molecular complexity index is 318. The van der Waals surface area contributed by atoms with Crippen molar-refractivity contribution in [3.8, 4) is 0 Å². The Labute approximate surface area is 101 Å². The van der Waals surface area contributed by atoms with Gasteiger partial charge in [0.1, 0.15) is 0 Å². The van der Waals surface area contributed by atoms with E-state index in [9.17, 15) is 0 Å². The molecule has 1 aromatic heterocycles. The van der Waals surface area contributed by atoms with E-state index in [1.807, 2.05) is 13.2 Å². The minimum absolute atomic E-state index is 0.640. The zero-order valence-electron chi connectivity index (χ0n) is 10.1. The molecule has 0 aliphatic rings. The molecule has 1 rings (SSSR count). The van der Waals surface area contributed by atoms with Gasteiger partial charge in [-0.25, -0.2) is 0 Å². The van der Waals surface area contributed by atoms with Gasteiger partial charge in [0.25, 0.3) is 0 Å². The molecule has 1 heterocycles. The molecule has 0 atom stereocenters. The summed E-state index contributed by atoms with van der Waals surface area (Å²) in [6.45, 7) is 5.89. The van der Waals surface area contributed by atoms with E-state index in [2.05, 4.69) is 32.5 Å². The zero-order valence-corrected chi connectivity index (χ0v) is 10.9. The minimum atomic E-state index is 0.640. The number of unbranched alkanes of at least 4 members (excludes halogenated alkanes) is 1. The molecule has 5 nitrogen and oxygen atoms in total. The maximum Gasteiger partial charge on any atom is 0.228 e. The van der Waals surface area contributed by atoms with Gasteiger partial charge < -0.3 is 10.6 Å². The Morgan fingerprint density at radius 3 is 2.31 bits per heavy atom. The van der Waals surface area contributed by atoms with Crippen molar-refractivity contribution in [2.24, 2.45) is 0 Å². The standard InChI is InChI=1S/C10H19N5S/c1-4-6-7-12-9-13-8(11-5-2)14-10(15-9)16-3/h4-7H2,1-3H3,(H2,11,12,13,14,15). The molecular formula is C10H19N5S. The number of nitrogens with one attached hydrogen (secondary N) is 2. The largest absolute Gasteiger partial charge is 0.354 e. The summed E-state index contributed by atoms with van der Waals surface area (Å²) in [6, 6.07) is 0. The van der Waals surface area contributed by atoms with Crippen LogP contribution in [0.15, 0.2) is 5.16 Å². The third-order valence-corrected chi connectivity index (χ3v) is 2.49.